The highest BCUT2D eigenvalue weighted by Gasteiger charge is 2.36. The summed E-state index contributed by atoms with van der Waals surface area (Å²) < 4.78 is 18.8. The van der Waals surface area contributed by atoms with Crippen molar-refractivity contribution in [2.24, 2.45) is 0 Å². The van der Waals surface area contributed by atoms with Gasteiger partial charge in [-0.3, -0.25) is 0 Å². The van der Waals surface area contributed by atoms with E-state index in [0.717, 1.165) is 21.8 Å². The average Bonchev–Trinajstić information content (AvgIpc) is 3.16. The number of thiazole rings is 1. The van der Waals surface area contributed by atoms with Gasteiger partial charge in [0.05, 0.1) is 16.2 Å². The SMILES string of the molecule is Cc1nc(-c2ccc(NC(=O)NC3(c4ccc(F)cc4)CCOCC3)cc2)cs1. The first-order chi connectivity index (χ1) is 14.0. The summed E-state index contributed by atoms with van der Waals surface area (Å²) >= 11 is 1.61. The number of halogens is 1. The number of nitrogens with zero attached hydrogens (tertiary/aromatic N) is 1. The number of carbonyl (C=O) groups excluding carboxylic acids is 1. The van der Waals surface area contributed by atoms with E-state index in [1.54, 1.807) is 23.5 Å². The van der Waals surface area contributed by atoms with Crippen LogP contribution in [-0.4, -0.2) is 24.2 Å². The maximum Gasteiger partial charge on any atom is 0.319 e. The minimum atomic E-state index is -0.575. The molecule has 0 atom stereocenters. The van der Waals surface area contributed by atoms with Gasteiger partial charge in [0.2, 0.25) is 0 Å². The van der Waals surface area contributed by atoms with Crippen molar-refractivity contribution in [1.29, 1.82) is 0 Å². The number of ether oxygens (including phenoxy) is 1. The van der Waals surface area contributed by atoms with Crippen molar-refractivity contribution in [3.05, 3.63) is 70.3 Å². The Bertz CT molecular complexity index is 980. The van der Waals surface area contributed by atoms with E-state index in [1.165, 1.54) is 12.1 Å². The molecule has 3 aromatic rings. The van der Waals surface area contributed by atoms with E-state index in [0.29, 0.717) is 31.7 Å². The standard InChI is InChI=1S/C22H22FN3O2S/c1-15-24-20(14-29-15)16-2-8-19(9-3-16)25-21(27)26-22(10-12-28-13-11-22)17-4-6-18(23)7-5-17/h2-9,14H,10-13H2,1H3,(H2,25,26,27). The molecule has 7 heteroatoms. The molecule has 2 aromatic carbocycles. The van der Waals surface area contributed by atoms with E-state index in [9.17, 15) is 9.18 Å². The van der Waals surface area contributed by atoms with Gasteiger partial charge < -0.3 is 15.4 Å². The maximum absolute atomic E-state index is 13.4. The van der Waals surface area contributed by atoms with Crippen molar-refractivity contribution in [1.82, 2.24) is 10.3 Å². The fourth-order valence-electron chi connectivity index (χ4n) is 3.57. The molecule has 2 N–H and O–H groups in total. The Kier molecular flexibility index (Phi) is 5.60. The second-order valence-corrected chi connectivity index (χ2v) is 8.17. The van der Waals surface area contributed by atoms with E-state index in [4.69, 9.17) is 4.74 Å². The smallest absolute Gasteiger partial charge is 0.319 e. The summed E-state index contributed by atoms with van der Waals surface area (Å²) in [6.45, 7) is 3.06. The molecule has 150 valence electrons. The molecule has 0 spiro atoms. The summed E-state index contributed by atoms with van der Waals surface area (Å²) in [5, 5.41) is 9.03. The topological polar surface area (TPSA) is 63.2 Å². The first-order valence-corrected chi connectivity index (χ1v) is 10.4. The Morgan fingerprint density at radius 2 is 1.79 bits per heavy atom. The van der Waals surface area contributed by atoms with E-state index < -0.39 is 5.54 Å². The zero-order valence-electron chi connectivity index (χ0n) is 16.1. The van der Waals surface area contributed by atoms with Crippen molar-refractivity contribution >= 4 is 23.1 Å². The molecular weight excluding hydrogens is 389 g/mol. The average molecular weight is 412 g/mol. The van der Waals surface area contributed by atoms with E-state index in [2.05, 4.69) is 15.6 Å². The van der Waals surface area contributed by atoms with Crippen LogP contribution in [0.4, 0.5) is 14.9 Å². The Morgan fingerprint density at radius 3 is 2.41 bits per heavy atom. The Hall–Kier alpha value is -2.77. The molecular formula is C22H22FN3O2S. The Morgan fingerprint density at radius 1 is 1.10 bits per heavy atom. The van der Waals surface area contributed by atoms with Crippen molar-refractivity contribution in [2.75, 3.05) is 18.5 Å². The number of hydrogen-bond donors (Lipinski definition) is 2. The fourth-order valence-corrected chi connectivity index (χ4v) is 4.20. The van der Waals surface area contributed by atoms with Crippen LogP contribution in [0.15, 0.2) is 53.9 Å². The van der Waals surface area contributed by atoms with Crippen LogP contribution in [0.2, 0.25) is 0 Å². The number of benzene rings is 2. The first-order valence-electron chi connectivity index (χ1n) is 9.50. The lowest BCUT2D eigenvalue weighted by atomic mass is 9.83. The van der Waals surface area contributed by atoms with Crippen LogP contribution in [0.1, 0.15) is 23.4 Å². The molecule has 0 aliphatic carbocycles. The number of rotatable bonds is 4. The van der Waals surface area contributed by atoms with Crippen LogP contribution in [0.25, 0.3) is 11.3 Å². The summed E-state index contributed by atoms with van der Waals surface area (Å²) in [4.78, 5) is 17.2. The van der Waals surface area contributed by atoms with Gasteiger partial charge in [0.1, 0.15) is 5.82 Å². The molecule has 0 radical (unpaired) electrons. The number of aromatic nitrogens is 1. The summed E-state index contributed by atoms with van der Waals surface area (Å²) in [7, 11) is 0. The Balaban J connectivity index is 1.47. The minimum Gasteiger partial charge on any atom is -0.381 e. The normalized spacial score (nSPS) is 15.7. The predicted octanol–water partition coefficient (Wildman–Crippen LogP) is 5.09. The maximum atomic E-state index is 13.4. The third-order valence-electron chi connectivity index (χ3n) is 5.15. The lowest BCUT2D eigenvalue weighted by Crippen LogP contribution is -2.50. The third-order valence-corrected chi connectivity index (χ3v) is 5.93. The number of nitrogens with one attached hydrogen (secondary N) is 2. The van der Waals surface area contributed by atoms with Gasteiger partial charge in [0.25, 0.3) is 0 Å². The quantitative estimate of drug-likeness (QED) is 0.629. The largest absolute Gasteiger partial charge is 0.381 e. The minimum absolute atomic E-state index is 0.296. The molecule has 0 saturated carbocycles. The molecule has 5 nitrogen and oxygen atoms in total. The van der Waals surface area contributed by atoms with Gasteiger partial charge in [0.15, 0.2) is 0 Å². The van der Waals surface area contributed by atoms with Crippen LogP contribution in [0, 0.1) is 12.7 Å². The molecule has 29 heavy (non-hydrogen) atoms. The molecule has 1 fully saturated rings. The second-order valence-electron chi connectivity index (χ2n) is 7.11. The van der Waals surface area contributed by atoms with Crippen LogP contribution in [0.5, 0.6) is 0 Å². The van der Waals surface area contributed by atoms with Gasteiger partial charge in [-0.05, 0) is 49.6 Å². The first kappa shape index (κ1) is 19.5. The van der Waals surface area contributed by atoms with Gasteiger partial charge in [-0.2, -0.15) is 0 Å². The third kappa shape index (κ3) is 4.46. The number of hydrogen-bond acceptors (Lipinski definition) is 4. The molecule has 0 bridgehead atoms. The van der Waals surface area contributed by atoms with Crippen LogP contribution < -0.4 is 10.6 Å². The predicted molar refractivity (Wildman–Crippen MR) is 113 cm³/mol. The number of amides is 2. The lowest BCUT2D eigenvalue weighted by molar-refractivity contribution is 0.0418. The van der Waals surface area contributed by atoms with E-state index >= 15 is 0 Å². The molecule has 4 rings (SSSR count). The highest BCUT2D eigenvalue weighted by molar-refractivity contribution is 7.09. The summed E-state index contributed by atoms with van der Waals surface area (Å²) in [5.41, 5.74) is 2.94. The van der Waals surface area contributed by atoms with Crippen molar-refractivity contribution in [2.45, 2.75) is 25.3 Å². The summed E-state index contributed by atoms with van der Waals surface area (Å²) in [6.07, 6.45) is 1.27. The number of aryl methyl sites for hydroxylation is 1. The van der Waals surface area contributed by atoms with E-state index in [-0.39, 0.29) is 11.8 Å². The van der Waals surface area contributed by atoms with Crippen LogP contribution >= 0.6 is 11.3 Å². The zero-order chi connectivity index (χ0) is 20.3. The number of carbonyl (C=O) groups is 1. The molecule has 1 aliphatic rings. The highest BCUT2D eigenvalue weighted by Crippen LogP contribution is 2.32. The highest BCUT2D eigenvalue weighted by atomic mass is 32.1. The van der Waals surface area contributed by atoms with E-state index in [1.807, 2.05) is 36.6 Å². The summed E-state index contributed by atoms with van der Waals surface area (Å²) in [6, 6.07) is 13.6. The van der Waals surface area contributed by atoms with Gasteiger partial charge in [0, 0.05) is 29.8 Å². The van der Waals surface area contributed by atoms with Gasteiger partial charge in [-0.15, -0.1) is 11.3 Å². The van der Waals surface area contributed by atoms with Crippen molar-refractivity contribution in [3.8, 4) is 11.3 Å². The second kappa shape index (κ2) is 8.31. The molecule has 2 heterocycles. The fraction of sp³-hybridized carbons (Fsp3) is 0.273. The number of anilines is 1. The van der Waals surface area contributed by atoms with Gasteiger partial charge in [-0.1, -0.05) is 24.3 Å². The van der Waals surface area contributed by atoms with Crippen LogP contribution in [-0.2, 0) is 10.3 Å². The Labute approximate surface area is 172 Å². The monoisotopic (exact) mass is 411 g/mol. The molecule has 0 unspecified atom stereocenters. The molecule has 2 amide bonds. The van der Waals surface area contributed by atoms with Crippen LogP contribution in [0.3, 0.4) is 0 Å². The lowest BCUT2D eigenvalue weighted by Gasteiger charge is -2.38. The van der Waals surface area contributed by atoms with Gasteiger partial charge >= 0.3 is 6.03 Å². The zero-order valence-corrected chi connectivity index (χ0v) is 16.9. The molecule has 1 saturated heterocycles. The van der Waals surface area contributed by atoms with Crippen molar-refractivity contribution in [3.63, 3.8) is 0 Å². The summed E-state index contributed by atoms with van der Waals surface area (Å²) in [5.74, 6) is -0.296. The molecule has 1 aromatic heterocycles. The number of urea groups is 1. The van der Waals surface area contributed by atoms with Gasteiger partial charge in [-0.25, -0.2) is 14.2 Å². The molecule has 1 aliphatic heterocycles. The van der Waals surface area contributed by atoms with Crippen molar-refractivity contribution < 1.29 is 13.9 Å².